The quantitative estimate of drug-likeness (QED) is 0.323. The molecule has 1 aliphatic heterocycles. The van der Waals surface area contributed by atoms with E-state index in [2.05, 4.69) is 31.9 Å². The second kappa shape index (κ2) is 12.5. The number of carbonyl (C=O) groups is 1. The molecule has 3 N–H and O–H groups in total. The standard InChI is InChI=1S/C19H28N6O.HI/c1-3-22-19(23-13-16-6-4-15(12-20)5-7-16)24-17-8-10-25(11-9-17)14-18(26)21-2;/h4-7,17H,3,8-11,13-14H2,1-2H3,(H,21,26)(H2,22,23,24);1H. The van der Waals surface area contributed by atoms with E-state index in [1.807, 2.05) is 31.2 Å². The zero-order valence-corrected chi connectivity index (χ0v) is 18.3. The Labute approximate surface area is 178 Å². The van der Waals surface area contributed by atoms with Gasteiger partial charge in [0.25, 0.3) is 0 Å². The molecule has 0 unspecified atom stereocenters. The van der Waals surface area contributed by atoms with Gasteiger partial charge in [-0.1, -0.05) is 12.1 Å². The fraction of sp³-hybridized carbons (Fsp3) is 0.526. The molecule has 1 heterocycles. The monoisotopic (exact) mass is 484 g/mol. The SMILES string of the molecule is CCNC(=NCc1ccc(C#N)cc1)NC1CCN(CC(=O)NC)CC1.I. The normalized spacial score (nSPS) is 15.4. The van der Waals surface area contributed by atoms with Crippen molar-refractivity contribution in [1.29, 1.82) is 5.26 Å². The van der Waals surface area contributed by atoms with Crippen LogP contribution in [0.3, 0.4) is 0 Å². The lowest BCUT2D eigenvalue weighted by molar-refractivity contribution is -0.122. The van der Waals surface area contributed by atoms with E-state index < -0.39 is 0 Å². The van der Waals surface area contributed by atoms with Crippen LogP contribution < -0.4 is 16.0 Å². The van der Waals surface area contributed by atoms with Gasteiger partial charge in [-0.25, -0.2) is 4.99 Å². The van der Waals surface area contributed by atoms with E-state index in [1.165, 1.54) is 0 Å². The lowest BCUT2D eigenvalue weighted by Gasteiger charge is -2.32. The third kappa shape index (κ3) is 8.13. The first-order valence-electron chi connectivity index (χ1n) is 9.11. The number of hydrogen-bond acceptors (Lipinski definition) is 4. The predicted molar refractivity (Wildman–Crippen MR) is 118 cm³/mol. The number of nitriles is 1. The van der Waals surface area contributed by atoms with Crippen LogP contribution in [0.1, 0.15) is 30.9 Å². The molecule has 0 aliphatic carbocycles. The summed E-state index contributed by atoms with van der Waals surface area (Å²) in [5.41, 5.74) is 1.73. The van der Waals surface area contributed by atoms with Crippen LogP contribution in [-0.4, -0.2) is 56.0 Å². The number of rotatable bonds is 6. The first kappa shape index (κ1) is 23.2. The molecular weight excluding hydrogens is 455 g/mol. The lowest BCUT2D eigenvalue weighted by atomic mass is 10.1. The molecule has 1 amide bonds. The van der Waals surface area contributed by atoms with Crippen molar-refractivity contribution < 1.29 is 4.79 Å². The van der Waals surface area contributed by atoms with Crippen molar-refractivity contribution in [2.75, 3.05) is 33.2 Å². The summed E-state index contributed by atoms with van der Waals surface area (Å²) in [5.74, 6) is 0.871. The summed E-state index contributed by atoms with van der Waals surface area (Å²) in [7, 11) is 1.67. The Bertz CT molecular complexity index is 647. The van der Waals surface area contributed by atoms with Gasteiger partial charge in [0.2, 0.25) is 5.91 Å². The average Bonchev–Trinajstić information content (AvgIpc) is 2.68. The molecule has 8 heteroatoms. The number of benzene rings is 1. The largest absolute Gasteiger partial charge is 0.358 e. The summed E-state index contributed by atoms with van der Waals surface area (Å²) in [6.07, 6.45) is 1.97. The van der Waals surface area contributed by atoms with E-state index in [-0.39, 0.29) is 29.9 Å². The second-order valence-corrected chi connectivity index (χ2v) is 6.37. The Morgan fingerprint density at radius 2 is 1.96 bits per heavy atom. The minimum atomic E-state index is 0. The van der Waals surface area contributed by atoms with Crippen molar-refractivity contribution in [2.45, 2.75) is 32.4 Å². The summed E-state index contributed by atoms with van der Waals surface area (Å²) in [4.78, 5) is 18.3. The van der Waals surface area contributed by atoms with Crippen molar-refractivity contribution >= 4 is 35.8 Å². The molecule has 0 radical (unpaired) electrons. The van der Waals surface area contributed by atoms with E-state index in [0.29, 0.717) is 24.7 Å². The van der Waals surface area contributed by atoms with Crippen LogP contribution in [0.25, 0.3) is 0 Å². The van der Waals surface area contributed by atoms with Gasteiger partial charge < -0.3 is 16.0 Å². The van der Waals surface area contributed by atoms with Gasteiger partial charge in [0.15, 0.2) is 5.96 Å². The first-order valence-corrected chi connectivity index (χ1v) is 9.11. The molecule has 1 aromatic rings. The third-order valence-electron chi connectivity index (χ3n) is 4.42. The molecule has 0 atom stereocenters. The summed E-state index contributed by atoms with van der Waals surface area (Å²) in [6.45, 7) is 5.69. The summed E-state index contributed by atoms with van der Waals surface area (Å²) in [6, 6.07) is 9.97. The third-order valence-corrected chi connectivity index (χ3v) is 4.42. The molecule has 1 saturated heterocycles. The van der Waals surface area contributed by atoms with Crippen LogP contribution in [0.5, 0.6) is 0 Å². The molecule has 1 fully saturated rings. The number of piperidine rings is 1. The second-order valence-electron chi connectivity index (χ2n) is 6.37. The maximum absolute atomic E-state index is 11.5. The average molecular weight is 484 g/mol. The highest BCUT2D eigenvalue weighted by molar-refractivity contribution is 14.0. The molecular formula is C19H29IN6O. The van der Waals surface area contributed by atoms with Gasteiger partial charge in [-0.15, -0.1) is 24.0 Å². The predicted octanol–water partition coefficient (Wildman–Crippen LogP) is 1.44. The van der Waals surface area contributed by atoms with Crippen molar-refractivity contribution in [3.05, 3.63) is 35.4 Å². The van der Waals surface area contributed by atoms with Crippen LogP contribution >= 0.6 is 24.0 Å². The Morgan fingerprint density at radius 1 is 1.30 bits per heavy atom. The molecule has 27 heavy (non-hydrogen) atoms. The highest BCUT2D eigenvalue weighted by Gasteiger charge is 2.21. The number of guanidine groups is 1. The van der Waals surface area contributed by atoms with Crippen LogP contribution in [-0.2, 0) is 11.3 Å². The summed E-state index contributed by atoms with van der Waals surface area (Å²) in [5, 5.41) is 18.3. The van der Waals surface area contributed by atoms with E-state index in [4.69, 9.17) is 5.26 Å². The van der Waals surface area contributed by atoms with Gasteiger partial charge in [0.05, 0.1) is 24.7 Å². The number of nitrogens with zero attached hydrogens (tertiary/aromatic N) is 3. The van der Waals surface area contributed by atoms with Gasteiger partial charge in [0, 0.05) is 32.7 Å². The van der Waals surface area contributed by atoms with Gasteiger partial charge in [-0.3, -0.25) is 9.69 Å². The topological polar surface area (TPSA) is 92.6 Å². The van der Waals surface area contributed by atoms with E-state index in [9.17, 15) is 4.79 Å². The van der Waals surface area contributed by atoms with Crippen LogP contribution in [0.4, 0.5) is 0 Å². The Hall–Kier alpha value is -1.86. The van der Waals surface area contributed by atoms with Crippen LogP contribution in [0.15, 0.2) is 29.3 Å². The van der Waals surface area contributed by atoms with Gasteiger partial charge in [-0.2, -0.15) is 5.26 Å². The molecule has 1 aliphatic rings. The highest BCUT2D eigenvalue weighted by Crippen LogP contribution is 2.10. The number of nitrogens with one attached hydrogen (secondary N) is 3. The smallest absolute Gasteiger partial charge is 0.233 e. The van der Waals surface area contributed by atoms with E-state index in [0.717, 1.165) is 44.0 Å². The minimum Gasteiger partial charge on any atom is -0.358 e. The molecule has 0 aromatic heterocycles. The van der Waals surface area contributed by atoms with Crippen molar-refractivity contribution in [3.63, 3.8) is 0 Å². The van der Waals surface area contributed by atoms with E-state index in [1.54, 1.807) is 7.05 Å². The van der Waals surface area contributed by atoms with Crippen molar-refractivity contribution in [2.24, 2.45) is 4.99 Å². The van der Waals surface area contributed by atoms with Crippen molar-refractivity contribution in [3.8, 4) is 6.07 Å². The first-order chi connectivity index (χ1) is 12.6. The Kier molecular flexibility index (Phi) is 10.7. The number of aliphatic imine (C=N–C) groups is 1. The fourth-order valence-corrected chi connectivity index (χ4v) is 2.89. The fourth-order valence-electron chi connectivity index (χ4n) is 2.89. The van der Waals surface area contributed by atoms with Crippen LogP contribution in [0.2, 0.25) is 0 Å². The minimum absolute atomic E-state index is 0. The molecule has 148 valence electrons. The van der Waals surface area contributed by atoms with Gasteiger partial charge in [0.1, 0.15) is 0 Å². The molecule has 0 saturated carbocycles. The van der Waals surface area contributed by atoms with Crippen LogP contribution in [0, 0.1) is 11.3 Å². The number of carbonyl (C=O) groups excluding carboxylic acids is 1. The zero-order valence-electron chi connectivity index (χ0n) is 16.0. The Morgan fingerprint density at radius 3 is 2.52 bits per heavy atom. The zero-order chi connectivity index (χ0) is 18.8. The maximum atomic E-state index is 11.5. The number of halogens is 1. The van der Waals surface area contributed by atoms with E-state index >= 15 is 0 Å². The summed E-state index contributed by atoms with van der Waals surface area (Å²) >= 11 is 0. The summed E-state index contributed by atoms with van der Waals surface area (Å²) < 4.78 is 0. The van der Waals surface area contributed by atoms with Crippen molar-refractivity contribution in [1.82, 2.24) is 20.9 Å². The number of amides is 1. The molecule has 2 rings (SSSR count). The highest BCUT2D eigenvalue weighted by atomic mass is 127. The molecule has 1 aromatic carbocycles. The van der Waals surface area contributed by atoms with Gasteiger partial charge >= 0.3 is 0 Å². The Balaban J connectivity index is 0.00000364. The molecule has 0 bridgehead atoms. The maximum Gasteiger partial charge on any atom is 0.233 e. The number of hydrogen-bond donors (Lipinski definition) is 3. The molecule has 7 nitrogen and oxygen atoms in total. The number of likely N-dealkylation sites (tertiary alicyclic amines) is 1. The van der Waals surface area contributed by atoms with Gasteiger partial charge in [-0.05, 0) is 37.5 Å². The number of likely N-dealkylation sites (N-methyl/N-ethyl adjacent to an activating group) is 1. The molecule has 0 spiro atoms. The lowest BCUT2D eigenvalue weighted by Crippen LogP contribution is -2.50.